The predicted molar refractivity (Wildman–Crippen MR) is 81.1 cm³/mol. The Morgan fingerprint density at radius 1 is 1.38 bits per heavy atom. The van der Waals surface area contributed by atoms with Crippen LogP contribution >= 0.6 is 23.2 Å². The molecule has 21 heavy (non-hydrogen) atoms. The fraction of sp³-hybridized carbons (Fsp3) is 0.429. The Hall–Kier alpha value is -1.46. The monoisotopic (exact) mass is 333 g/mol. The quantitative estimate of drug-likeness (QED) is 0.832. The molecular weight excluding hydrogens is 317 g/mol. The van der Waals surface area contributed by atoms with Crippen molar-refractivity contribution in [1.29, 1.82) is 0 Å². The number of benzene rings is 1. The van der Waals surface area contributed by atoms with E-state index in [9.17, 15) is 9.59 Å². The molecule has 1 aromatic carbocycles. The molecule has 0 saturated carbocycles. The van der Waals surface area contributed by atoms with Gasteiger partial charge in [-0.15, -0.1) is 0 Å². The molecule has 1 unspecified atom stereocenters. The summed E-state index contributed by atoms with van der Waals surface area (Å²) in [5, 5.41) is 9.18. The van der Waals surface area contributed by atoms with E-state index >= 15 is 0 Å². The van der Waals surface area contributed by atoms with Crippen LogP contribution in [0.15, 0.2) is 18.2 Å². The number of rotatable bonds is 7. The van der Waals surface area contributed by atoms with Gasteiger partial charge >= 0.3 is 5.97 Å². The lowest BCUT2D eigenvalue weighted by atomic mass is 10.2. The smallest absolute Gasteiger partial charge is 0.303 e. The number of halogens is 2. The lowest BCUT2D eigenvalue weighted by molar-refractivity contribution is -0.139. The van der Waals surface area contributed by atoms with Crippen LogP contribution in [0.1, 0.15) is 19.8 Å². The third kappa shape index (κ3) is 5.44. The van der Waals surface area contributed by atoms with E-state index < -0.39 is 12.1 Å². The van der Waals surface area contributed by atoms with Crippen molar-refractivity contribution in [3.05, 3.63) is 28.2 Å². The van der Waals surface area contributed by atoms with Crippen LogP contribution < -0.4 is 4.74 Å². The third-order valence-corrected chi connectivity index (χ3v) is 3.63. The van der Waals surface area contributed by atoms with Crippen molar-refractivity contribution < 1.29 is 19.4 Å². The predicted octanol–water partition coefficient (Wildman–Crippen LogP) is 3.08. The normalized spacial score (nSPS) is 11.8. The molecule has 0 saturated heterocycles. The van der Waals surface area contributed by atoms with E-state index in [0.29, 0.717) is 23.7 Å². The van der Waals surface area contributed by atoms with Crippen molar-refractivity contribution >= 4 is 35.1 Å². The SMILES string of the molecule is CC(Oc1cccc(Cl)c1Cl)C(=O)N(C)CCCC(=O)O. The van der Waals surface area contributed by atoms with Gasteiger partial charge < -0.3 is 14.7 Å². The Bertz CT molecular complexity index is 522. The highest BCUT2D eigenvalue weighted by atomic mass is 35.5. The topological polar surface area (TPSA) is 66.8 Å². The second kappa shape index (κ2) is 8.10. The Labute approximate surface area is 133 Å². The molecule has 0 fully saturated rings. The number of amides is 1. The number of carbonyl (C=O) groups excluding carboxylic acids is 1. The number of hydrogen-bond acceptors (Lipinski definition) is 3. The summed E-state index contributed by atoms with van der Waals surface area (Å²) in [6.45, 7) is 1.95. The zero-order chi connectivity index (χ0) is 16.0. The molecule has 0 aromatic heterocycles. The summed E-state index contributed by atoms with van der Waals surface area (Å²) in [5.41, 5.74) is 0. The van der Waals surface area contributed by atoms with E-state index in [2.05, 4.69) is 0 Å². The Balaban J connectivity index is 2.57. The molecule has 0 spiro atoms. The van der Waals surface area contributed by atoms with Gasteiger partial charge in [0.05, 0.1) is 5.02 Å². The van der Waals surface area contributed by atoms with Crippen LogP contribution in [0.5, 0.6) is 5.75 Å². The summed E-state index contributed by atoms with van der Waals surface area (Å²) in [7, 11) is 1.60. The molecule has 1 aromatic rings. The van der Waals surface area contributed by atoms with Crippen LogP contribution in [0.25, 0.3) is 0 Å². The molecule has 1 N–H and O–H groups in total. The summed E-state index contributed by atoms with van der Waals surface area (Å²) in [6.07, 6.45) is -0.328. The zero-order valence-corrected chi connectivity index (χ0v) is 13.3. The summed E-state index contributed by atoms with van der Waals surface area (Å²) in [5.74, 6) is -0.800. The molecule has 0 aliphatic heterocycles. The minimum Gasteiger partial charge on any atom is -0.481 e. The van der Waals surface area contributed by atoms with E-state index in [-0.39, 0.29) is 17.4 Å². The van der Waals surface area contributed by atoms with Crippen LogP contribution in [0, 0.1) is 0 Å². The van der Waals surface area contributed by atoms with Crippen molar-refractivity contribution in [3.8, 4) is 5.75 Å². The van der Waals surface area contributed by atoms with Crippen molar-refractivity contribution in [2.45, 2.75) is 25.9 Å². The van der Waals surface area contributed by atoms with Gasteiger partial charge in [-0.3, -0.25) is 9.59 Å². The Kier molecular flexibility index (Phi) is 6.78. The fourth-order valence-electron chi connectivity index (χ4n) is 1.70. The van der Waals surface area contributed by atoms with Gasteiger partial charge in [0.1, 0.15) is 10.8 Å². The lowest BCUT2D eigenvalue weighted by Gasteiger charge is -2.22. The molecule has 0 bridgehead atoms. The number of aliphatic carboxylic acids is 1. The second-order valence-electron chi connectivity index (χ2n) is 4.57. The van der Waals surface area contributed by atoms with E-state index in [0.717, 1.165) is 0 Å². The molecule has 0 aliphatic carbocycles. The lowest BCUT2D eigenvalue weighted by Crippen LogP contribution is -2.38. The van der Waals surface area contributed by atoms with Gasteiger partial charge in [-0.25, -0.2) is 0 Å². The maximum Gasteiger partial charge on any atom is 0.303 e. The van der Waals surface area contributed by atoms with Crippen molar-refractivity contribution in [2.75, 3.05) is 13.6 Å². The highest BCUT2D eigenvalue weighted by Crippen LogP contribution is 2.32. The average molecular weight is 334 g/mol. The van der Waals surface area contributed by atoms with E-state index in [4.69, 9.17) is 33.0 Å². The summed E-state index contributed by atoms with van der Waals surface area (Å²) in [6, 6.07) is 4.93. The van der Waals surface area contributed by atoms with E-state index in [1.165, 1.54) is 4.90 Å². The largest absolute Gasteiger partial charge is 0.481 e. The van der Waals surface area contributed by atoms with E-state index in [1.54, 1.807) is 32.2 Å². The van der Waals surface area contributed by atoms with Crippen molar-refractivity contribution in [3.63, 3.8) is 0 Å². The number of carbonyl (C=O) groups is 2. The molecule has 1 amide bonds. The first-order valence-corrected chi connectivity index (χ1v) is 7.16. The average Bonchev–Trinajstić information content (AvgIpc) is 2.42. The van der Waals surface area contributed by atoms with Gasteiger partial charge in [0, 0.05) is 20.0 Å². The molecule has 0 radical (unpaired) electrons. The standard InChI is InChI=1S/C14H17Cl2NO4/c1-9(14(20)17(2)8-4-7-12(18)19)21-11-6-3-5-10(15)13(11)16/h3,5-6,9H,4,7-8H2,1-2H3,(H,18,19). The Morgan fingerprint density at radius 3 is 2.67 bits per heavy atom. The first kappa shape index (κ1) is 17.6. The minimum atomic E-state index is -0.883. The summed E-state index contributed by atoms with van der Waals surface area (Å²) < 4.78 is 5.51. The first-order valence-electron chi connectivity index (χ1n) is 6.40. The molecule has 116 valence electrons. The molecule has 1 atom stereocenters. The van der Waals surface area contributed by atoms with Gasteiger partial charge in [-0.2, -0.15) is 0 Å². The highest BCUT2D eigenvalue weighted by Gasteiger charge is 2.20. The summed E-state index contributed by atoms with van der Waals surface area (Å²) in [4.78, 5) is 24.0. The third-order valence-electron chi connectivity index (χ3n) is 2.83. The highest BCUT2D eigenvalue weighted by molar-refractivity contribution is 6.42. The molecule has 7 heteroatoms. The maximum absolute atomic E-state index is 12.1. The van der Waals surface area contributed by atoms with Gasteiger partial charge in [0.25, 0.3) is 5.91 Å². The second-order valence-corrected chi connectivity index (χ2v) is 5.35. The number of hydrogen-bond donors (Lipinski definition) is 1. The number of carboxylic acid groups (broad SMARTS) is 1. The fourth-order valence-corrected chi connectivity index (χ4v) is 2.04. The molecule has 1 rings (SSSR count). The van der Waals surface area contributed by atoms with Crippen LogP contribution in [-0.4, -0.2) is 41.6 Å². The van der Waals surface area contributed by atoms with Gasteiger partial charge in [-0.05, 0) is 25.5 Å². The first-order chi connectivity index (χ1) is 9.82. The van der Waals surface area contributed by atoms with Crippen molar-refractivity contribution in [2.24, 2.45) is 0 Å². The van der Waals surface area contributed by atoms with Crippen LogP contribution in [0.4, 0.5) is 0 Å². The molecule has 0 aliphatic rings. The van der Waals surface area contributed by atoms with Gasteiger partial charge in [-0.1, -0.05) is 29.3 Å². The number of nitrogens with zero attached hydrogens (tertiary/aromatic N) is 1. The zero-order valence-electron chi connectivity index (χ0n) is 11.8. The minimum absolute atomic E-state index is 0.0208. The number of carboxylic acids is 1. The number of ether oxygens (including phenoxy) is 1. The van der Waals surface area contributed by atoms with Gasteiger partial charge in [0.2, 0.25) is 0 Å². The summed E-state index contributed by atoms with van der Waals surface area (Å²) >= 11 is 11.9. The molecule has 5 nitrogen and oxygen atoms in total. The van der Waals surface area contributed by atoms with E-state index in [1.807, 2.05) is 0 Å². The Morgan fingerprint density at radius 2 is 2.05 bits per heavy atom. The van der Waals surface area contributed by atoms with Crippen LogP contribution in [0.2, 0.25) is 10.0 Å². The van der Waals surface area contributed by atoms with Crippen LogP contribution in [0.3, 0.4) is 0 Å². The number of likely N-dealkylation sites (N-methyl/N-ethyl adjacent to an activating group) is 1. The molecular formula is C14H17Cl2NO4. The maximum atomic E-state index is 12.1. The molecule has 0 heterocycles. The van der Waals surface area contributed by atoms with Crippen molar-refractivity contribution in [1.82, 2.24) is 4.90 Å². The van der Waals surface area contributed by atoms with Crippen LogP contribution in [-0.2, 0) is 9.59 Å². The van der Waals surface area contributed by atoms with Gasteiger partial charge in [0.15, 0.2) is 6.10 Å².